The van der Waals surface area contributed by atoms with E-state index in [1.807, 2.05) is 13.2 Å². The van der Waals surface area contributed by atoms with Crippen LogP contribution in [0.15, 0.2) is 11.4 Å². The van der Waals surface area contributed by atoms with Gasteiger partial charge in [-0.3, -0.25) is 0 Å². The summed E-state index contributed by atoms with van der Waals surface area (Å²) in [6.07, 6.45) is 3.67. The van der Waals surface area contributed by atoms with E-state index in [4.69, 9.17) is 5.84 Å². The zero-order valence-electron chi connectivity index (χ0n) is 6.46. The molecule has 0 aliphatic rings. The average molecular weight is 170 g/mol. The Bertz CT molecular complexity index is 250. The molecule has 5 heteroatoms. The molecule has 0 aromatic carbocycles. The predicted molar refractivity (Wildman–Crippen MR) is 46.4 cm³/mol. The molecule has 11 heavy (non-hydrogen) atoms. The Morgan fingerprint density at radius 3 is 2.91 bits per heavy atom. The molecule has 0 amide bonds. The normalized spacial score (nSPS) is 9.73. The van der Waals surface area contributed by atoms with E-state index in [-0.39, 0.29) is 0 Å². The zero-order chi connectivity index (χ0) is 8.27. The van der Waals surface area contributed by atoms with Gasteiger partial charge in [-0.1, -0.05) is 11.8 Å². The van der Waals surface area contributed by atoms with Gasteiger partial charge < -0.3 is 5.43 Å². The smallest absolute Gasteiger partial charge is 0.189 e. The first-order chi connectivity index (χ1) is 5.27. The molecule has 0 bridgehead atoms. The van der Waals surface area contributed by atoms with Crippen molar-refractivity contribution < 1.29 is 0 Å². The average Bonchev–Trinajstić information content (AvgIpc) is 2.05. The number of aryl methyl sites for hydroxylation is 1. The van der Waals surface area contributed by atoms with Crippen molar-refractivity contribution in [3.05, 3.63) is 11.8 Å². The molecule has 0 aliphatic heterocycles. The van der Waals surface area contributed by atoms with Crippen LogP contribution in [0.2, 0.25) is 0 Å². The number of nitrogens with zero attached hydrogens (tertiary/aromatic N) is 2. The van der Waals surface area contributed by atoms with Crippen LogP contribution in [0, 0.1) is 6.92 Å². The summed E-state index contributed by atoms with van der Waals surface area (Å²) >= 11 is 1.49. The molecule has 1 rings (SSSR count). The number of nitrogen functional groups attached to an aromatic ring is 1. The Labute approximate surface area is 69.6 Å². The van der Waals surface area contributed by atoms with Gasteiger partial charge in [-0.25, -0.2) is 15.8 Å². The Balaban J connectivity index is 3.02. The number of hydrazine groups is 1. The van der Waals surface area contributed by atoms with Crippen LogP contribution in [0.5, 0.6) is 0 Å². The maximum atomic E-state index is 5.22. The first-order valence-electron chi connectivity index (χ1n) is 3.12. The van der Waals surface area contributed by atoms with Gasteiger partial charge in [0.15, 0.2) is 5.16 Å². The number of rotatable bonds is 2. The van der Waals surface area contributed by atoms with E-state index in [2.05, 4.69) is 15.4 Å². The molecule has 0 radical (unpaired) electrons. The maximum absolute atomic E-state index is 5.22. The molecule has 1 aromatic rings. The summed E-state index contributed by atoms with van der Waals surface area (Å²) in [5.41, 5.74) is 3.45. The third-order valence-electron chi connectivity index (χ3n) is 1.27. The van der Waals surface area contributed by atoms with Crippen molar-refractivity contribution in [3.63, 3.8) is 0 Å². The van der Waals surface area contributed by atoms with Crippen LogP contribution in [0.3, 0.4) is 0 Å². The summed E-state index contributed by atoms with van der Waals surface area (Å²) in [7, 11) is 0. The van der Waals surface area contributed by atoms with Crippen LogP contribution in [0.1, 0.15) is 5.56 Å². The molecule has 0 fully saturated rings. The van der Waals surface area contributed by atoms with Crippen molar-refractivity contribution in [2.45, 2.75) is 12.1 Å². The first-order valence-corrected chi connectivity index (χ1v) is 4.34. The fourth-order valence-corrected chi connectivity index (χ4v) is 1.01. The number of hydrogen-bond acceptors (Lipinski definition) is 5. The summed E-state index contributed by atoms with van der Waals surface area (Å²) in [4.78, 5) is 8.19. The molecule has 3 N–H and O–H groups in total. The van der Waals surface area contributed by atoms with Gasteiger partial charge in [0.05, 0.1) is 0 Å². The zero-order valence-corrected chi connectivity index (χ0v) is 7.27. The van der Waals surface area contributed by atoms with Gasteiger partial charge in [0.2, 0.25) is 0 Å². The number of nitrogens with two attached hydrogens (primary N) is 1. The highest BCUT2D eigenvalue weighted by molar-refractivity contribution is 7.98. The van der Waals surface area contributed by atoms with Crippen molar-refractivity contribution >= 4 is 17.6 Å². The number of nitrogens with one attached hydrogen (secondary N) is 1. The van der Waals surface area contributed by atoms with E-state index in [0.717, 1.165) is 10.7 Å². The van der Waals surface area contributed by atoms with Gasteiger partial charge in [0, 0.05) is 11.8 Å². The maximum Gasteiger partial charge on any atom is 0.189 e. The van der Waals surface area contributed by atoms with E-state index in [1.165, 1.54) is 11.8 Å². The van der Waals surface area contributed by atoms with E-state index in [1.54, 1.807) is 6.20 Å². The van der Waals surface area contributed by atoms with Crippen LogP contribution in [-0.4, -0.2) is 16.2 Å². The van der Waals surface area contributed by atoms with Crippen LogP contribution in [0.25, 0.3) is 0 Å². The van der Waals surface area contributed by atoms with E-state index < -0.39 is 0 Å². The third kappa shape index (κ3) is 1.81. The molecule has 4 nitrogen and oxygen atoms in total. The lowest BCUT2D eigenvalue weighted by Gasteiger charge is -2.03. The Morgan fingerprint density at radius 2 is 2.36 bits per heavy atom. The second kappa shape index (κ2) is 3.54. The lowest BCUT2D eigenvalue weighted by molar-refractivity contribution is 0.949. The molecule has 0 atom stereocenters. The monoisotopic (exact) mass is 170 g/mol. The molecule has 0 saturated heterocycles. The van der Waals surface area contributed by atoms with Gasteiger partial charge in [-0.05, 0) is 13.2 Å². The van der Waals surface area contributed by atoms with Gasteiger partial charge in [0.1, 0.15) is 5.82 Å². The largest absolute Gasteiger partial charge is 0.308 e. The highest BCUT2D eigenvalue weighted by Gasteiger charge is 1.99. The highest BCUT2D eigenvalue weighted by atomic mass is 32.2. The quantitative estimate of drug-likeness (QED) is 0.297. The van der Waals surface area contributed by atoms with Gasteiger partial charge in [-0.2, -0.15) is 0 Å². The Morgan fingerprint density at radius 1 is 1.64 bits per heavy atom. The van der Waals surface area contributed by atoms with Gasteiger partial charge >= 0.3 is 0 Å². The molecule has 0 unspecified atom stereocenters. The van der Waals surface area contributed by atoms with Crippen molar-refractivity contribution in [2.24, 2.45) is 5.84 Å². The van der Waals surface area contributed by atoms with Crippen LogP contribution in [-0.2, 0) is 0 Å². The van der Waals surface area contributed by atoms with Gasteiger partial charge in [0.25, 0.3) is 0 Å². The van der Waals surface area contributed by atoms with Crippen molar-refractivity contribution in [2.75, 3.05) is 11.7 Å². The topological polar surface area (TPSA) is 63.8 Å². The summed E-state index contributed by atoms with van der Waals surface area (Å²) in [6, 6.07) is 0. The lowest BCUT2D eigenvalue weighted by Crippen LogP contribution is -2.10. The summed E-state index contributed by atoms with van der Waals surface area (Å²) in [5.74, 6) is 5.91. The standard InChI is InChI=1S/C6H10N4S/c1-4-3-8-6(11-2)9-5(4)10-7/h3H,7H2,1-2H3,(H,8,9,10). The summed E-state index contributed by atoms with van der Waals surface area (Å²) in [6.45, 7) is 1.90. The van der Waals surface area contributed by atoms with Crippen LogP contribution < -0.4 is 11.3 Å². The Hall–Kier alpha value is -0.810. The fourth-order valence-electron chi connectivity index (χ4n) is 0.670. The second-order valence-corrected chi connectivity index (χ2v) is 2.81. The summed E-state index contributed by atoms with van der Waals surface area (Å²) in [5, 5.41) is 0.726. The number of aromatic nitrogens is 2. The second-order valence-electron chi connectivity index (χ2n) is 2.03. The highest BCUT2D eigenvalue weighted by Crippen LogP contribution is 2.13. The predicted octanol–water partition coefficient (Wildman–Crippen LogP) is 0.793. The van der Waals surface area contributed by atoms with Crippen molar-refractivity contribution in [3.8, 4) is 0 Å². The number of anilines is 1. The summed E-state index contributed by atoms with van der Waals surface area (Å²) < 4.78 is 0. The van der Waals surface area contributed by atoms with Crippen LogP contribution >= 0.6 is 11.8 Å². The Kier molecular flexibility index (Phi) is 2.67. The minimum Gasteiger partial charge on any atom is -0.308 e. The third-order valence-corrected chi connectivity index (χ3v) is 1.83. The molecule has 60 valence electrons. The molecule has 1 aromatic heterocycles. The van der Waals surface area contributed by atoms with Crippen LogP contribution in [0.4, 0.5) is 5.82 Å². The lowest BCUT2D eigenvalue weighted by atomic mass is 10.4. The minimum atomic E-state index is 0.685. The van der Waals surface area contributed by atoms with Crippen molar-refractivity contribution in [1.29, 1.82) is 0 Å². The van der Waals surface area contributed by atoms with Crippen molar-refractivity contribution in [1.82, 2.24) is 9.97 Å². The number of hydrogen-bond donors (Lipinski definition) is 2. The molecular formula is C6H10N4S. The number of thioether (sulfide) groups is 1. The molecule has 1 heterocycles. The molecule has 0 spiro atoms. The van der Waals surface area contributed by atoms with E-state index in [9.17, 15) is 0 Å². The molecule has 0 aliphatic carbocycles. The minimum absolute atomic E-state index is 0.685. The van der Waals surface area contributed by atoms with E-state index in [0.29, 0.717) is 5.82 Å². The van der Waals surface area contributed by atoms with E-state index >= 15 is 0 Å². The SMILES string of the molecule is CSc1ncc(C)c(NN)n1. The fraction of sp³-hybridized carbons (Fsp3) is 0.333. The first kappa shape index (κ1) is 8.29. The van der Waals surface area contributed by atoms with Gasteiger partial charge in [-0.15, -0.1) is 0 Å². The molecular weight excluding hydrogens is 160 g/mol. The molecule has 0 saturated carbocycles.